The summed E-state index contributed by atoms with van der Waals surface area (Å²) in [6.07, 6.45) is 6.19. The smallest absolute Gasteiger partial charge is 0.320 e. The van der Waals surface area contributed by atoms with Crippen molar-refractivity contribution in [3.63, 3.8) is 0 Å². The number of rotatable bonds is 4. The maximum Gasteiger partial charge on any atom is 0.320 e. The lowest BCUT2D eigenvalue weighted by Crippen LogP contribution is -2.62. The van der Waals surface area contributed by atoms with Crippen LogP contribution in [0.1, 0.15) is 44.1 Å². The van der Waals surface area contributed by atoms with E-state index in [2.05, 4.69) is 22.3 Å². The van der Waals surface area contributed by atoms with Crippen molar-refractivity contribution in [2.45, 2.75) is 51.0 Å². The maximum atomic E-state index is 13.3. The summed E-state index contributed by atoms with van der Waals surface area (Å²) in [5.74, 6) is 1.24. The summed E-state index contributed by atoms with van der Waals surface area (Å²) in [6.45, 7) is 4.29. The number of likely N-dealkylation sites (tertiary alicyclic amines) is 2. The number of amides is 4. The maximum absolute atomic E-state index is 13.3. The first kappa shape index (κ1) is 22.2. The van der Waals surface area contributed by atoms with Crippen LogP contribution in [0.5, 0.6) is 0 Å². The average Bonchev–Trinajstić information content (AvgIpc) is 2.85. The van der Waals surface area contributed by atoms with E-state index in [0.717, 1.165) is 58.2 Å². The van der Waals surface area contributed by atoms with Crippen LogP contribution >= 0.6 is 0 Å². The van der Waals surface area contributed by atoms with E-state index in [1.54, 1.807) is 0 Å². The normalized spacial score (nSPS) is 27.8. The molecule has 7 heteroatoms. The van der Waals surface area contributed by atoms with E-state index in [9.17, 15) is 14.4 Å². The van der Waals surface area contributed by atoms with Crippen LogP contribution in [0.15, 0.2) is 30.3 Å². The lowest BCUT2D eigenvalue weighted by Gasteiger charge is -2.53. The molecule has 1 N–H and O–H groups in total. The average molecular weight is 453 g/mol. The zero-order valence-corrected chi connectivity index (χ0v) is 19.5. The quantitative estimate of drug-likeness (QED) is 0.763. The van der Waals surface area contributed by atoms with Gasteiger partial charge in [-0.15, -0.1) is 0 Å². The first-order chi connectivity index (χ1) is 16.1. The molecule has 1 aromatic carbocycles. The Morgan fingerprint density at radius 3 is 2.55 bits per heavy atom. The third-order valence-electron chi connectivity index (χ3n) is 8.14. The minimum Gasteiger partial charge on any atom is -0.356 e. The number of hydrogen-bond donors (Lipinski definition) is 1. The summed E-state index contributed by atoms with van der Waals surface area (Å²) in [6, 6.07) is 10.6. The van der Waals surface area contributed by atoms with E-state index in [-0.39, 0.29) is 17.9 Å². The molecule has 7 nitrogen and oxygen atoms in total. The molecule has 0 radical (unpaired) electrons. The topological polar surface area (TPSA) is 73.0 Å². The fourth-order valence-corrected chi connectivity index (χ4v) is 6.42. The largest absolute Gasteiger partial charge is 0.356 e. The molecule has 4 aliphatic heterocycles. The van der Waals surface area contributed by atoms with Crippen LogP contribution in [-0.2, 0) is 16.0 Å². The Morgan fingerprint density at radius 1 is 0.970 bits per heavy atom. The van der Waals surface area contributed by atoms with Gasteiger partial charge in [0.05, 0.1) is 0 Å². The van der Waals surface area contributed by atoms with Gasteiger partial charge in [0.25, 0.3) is 0 Å². The van der Waals surface area contributed by atoms with Crippen molar-refractivity contribution in [2.24, 2.45) is 17.8 Å². The van der Waals surface area contributed by atoms with Crippen LogP contribution in [0, 0.1) is 17.8 Å². The summed E-state index contributed by atoms with van der Waals surface area (Å²) < 4.78 is 0. The van der Waals surface area contributed by atoms with Gasteiger partial charge in [-0.3, -0.25) is 9.59 Å². The Hall–Kier alpha value is -2.57. The minimum atomic E-state index is -0.00707. The van der Waals surface area contributed by atoms with Crippen molar-refractivity contribution in [2.75, 3.05) is 39.3 Å². The van der Waals surface area contributed by atoms with E-state index in [1.807, 2.05) is 28.0 Å². The molecule has 3 atom stereocenters. The van der Waals surface area contributed by atoms with Crippen molar-refractivity contribution in [1.29, 1.82) is 0 Å². The molecule has 2 bridgehead atoms. The van der Waals surface area contributed by atoms with Gasteiger partial charge in [-0.05, 0) is 55.9 Å². The van der Waals surface area contributed by atoms with Gasteiger partial charge in [-0.2, -0.15) is 0 Å². The van der Waals surface area contributed by atoms with E-state index in [4.69, 9.17) is 0 Å². The van der Waals surface area contributed by atoms with E-state index in [0.29, 0.717) is 49.8 Å². The molecule has 2 unspecified atom stereocenters. The van der Waals surface area contributed by atoms with Gasteiger partial charge >= 0.3 is 6.03 Å². The highest BCUT2D eigenvalue weighted by Gasteiger charge is 2.45. The van der Waals surface area contributed by atoms with Crippen molar-refractivity contribution in [1.82, 2.24) is 20.0 Å². The predicted octanol–water partition coefficient (Wildman–Crippen LogP) is 2.51. The SMILES string of the molecule is O=C(NCCc1ccccc1)C1CCN(C(=O)N2CC3CC(C2)[C@H]2CCCC(=O)N2C3)CC1. The van der Waals surface area contributed by atoms with Crippen molar-refractivity contribution in [3.05, 3.63) is 35.9 Å². The molecule has 0 aromatic heterocycles. The number of carbonyl (C=O) groups excluding carboxylic acids is 3. The Kier molecular flexibility index (Phi) is 6.56. The van der Waals surface area contributed by atoms with Crippen molar-refractivity contribution in [3.8, 4) is 0 Å². The number of carbonyl (C=O) groups is 3. The molecule has 33 heavy (non-hydrogen) atoms. The van der Waals surface area contributed by atoms with Crippen LogP contribution in [-0.4, -0.2) is 77.9 Å². The fourth-order valence-electron chi connectivity index (χ4n) is 6.42. The third-order valence-corrected chi connectivity index (χ3v) is 8.14. The highest BCUT2D eigenvalue weighted by molar-refractivity contribution is 5.80. The van der Waals surface area contributed by atoms with Crippen molar-refractivity contribution >= 4 is 17.8 Å². The fraction of sp³-hybridized carbons (Fsp3) is 0.654. The molecule has 1 aromatic rings. The summed E-state index contributed by atoms with van der Waals surface area (Å²) >= 11 is 0. The summed E-state index contributed by atoms with van der Waals surface area (Å²) in [4.78, 5) is 44.3. The number of nitrogens with zero attached hydrogens (tertiary/aromatic N) is 3. The molecule has 0 saturated carbocycles. The van der Waals surface area contributed by atoms with Crippen molar-refractivity contribution < 1.29 is 14.4 Å². The van der Waals surface area contributed by atoms with Gasteiger partial charge in [0.1, 0.15) is 0 Å². The van der Waals surface area contributed by atoms with E-state index in [1.165, 1.54) is 5.56 Å². The second-order valence-corrected chi connectivity index (χ2v) is 10.3. The first-order valence-corrected chi connectivity index (χ1v) is 12.7. The number of fused-ring (bicyclic) bond motifs is 4. The highest BCUT2D eigenvalue weighted by atomic mass is 16.2. The van der Waals surface area contributed by atoms with Gasteiger partial charge < -0.3 is 20.0 Å². The lowest BCUT2D eigenvalue weighted by atomic mass is 9.76. The number of piperidine rings is 4. The molecule has 4 heterocycles. The van der Waals surface area contributed by atoms with Gasteiger partial charge in [0.2, 0.25) is 11.8 Å². The minimum absolute atomic E-state index is 0.00707. The highest BCUT2D eigenvalue weighted by Crippen LogP contribution is 2.38. The van der Waals surface area contributed by atoms with Gasteiger partial charge in [0.15, 0.2) is 0 Å². The van der Waals surface area contributed by atoms with Crippen LogP contribution in [0.3, 0.4) is 0 Å². The van der Waals surface area contributed by atoms with Gasteiger partial charge in [0, 0.05) is 57.6 Å². The molecule has 0 aliphatic carbocycles. The lowest BCUT2D eigenvalue weighted by molar-refractivity contribution is -0.144. The second-order valence-electron chi connectivity index (χ2n) is 10.3. The Morgan fingerprint density at radius 2 is 1.76 bits per heavy atom. The number of hydrogen-bond acceptors (Lipinski definition) is 3. The summed E-state index contributed by atoms with van der Waals surface area (Å²) in [5.41, 5.74) is 1.23. The van der Waals surface area contributed by atoms with E-state index >= 15 is 0 Å². The Bertz CT molecular complexity index is 868. The zero-order valence-electron chi connectivity index (χ0n) is 19.5. The molecule has 4 fully saturated rings. The van der Waals surface area contributed by atoms with Gasteiger partial charge in [-0.1, -0.05) is 30.3 Å². The monoisotopic (exact) mass is 452 g/mol. The first-order valence-electron chi connectivity index (χ1n) is 12.7. The Balaban J connectivity index is 1.08. The third kappa shape index (κ3) is 4.87. The molecule has 5 rings (SSSR count). The summed E-state index contributed by atoms with van der Waals surface area (Å²) in [5, 5.41) is 3.08. The molecule has 178 valence electrons. The number of urea groups is 1. The second kappa shape index (κ2) is 9.74. The van der Waals surface area contributed by atoms with E-state index < -0.39 is 0 Å². The zero-order chi connectivity index (χ0) is 22.8. The van der Waals surface area contributed by atoms with Crippen LogP contribution in [0.25, 0.3) is 0 Å². The van der Waals surface area contributed by atoms with Crippen LogP contribution < -0.4 is 5.32 Å². The predicted molar refractivity (Wildman–Crippen MR) is 125 cm³/mol. The molecular formula is C26H36N4O3. The number of nitrogens with one attached hydrogen (secondary N) is 1. The van der Waals surface area contributed by atoms with Crippen LogP contribution in [0.4, 0.5) is 4.79 Å². The standard InChI is InChI=1S/C26H36N4O3/c31-24-8-4-7-23-22-15-20(17-30(23)24)16-29(18-22)26(33)28-13-10-21(11-14-28)25(32)27-12-9-19-5-2-1-3-6-19/h1-3,5-6,20-23H,4,7-18H2,(H,27,32)/t20?,22?,23-/m1/s1. The molecule has 0 spiro atoms. The molecular weight excluding hydrogens is 416 g/mol. The molecule has 4 aliphatic rings. The molecule has 4 saturated heterocycles. The van der Waals surface area contributed by atoms with Gasteiger partial charge in [-0.25, -0.2) is 4.79 Å². The van der Waals surface area contributed by atoms with Crippen LogP contribution in [0.2, 0.25) is 0 Å². The Labute approximate surface area is 196 Å². The summed E-state index contributed by atoms with van der Waals surface area (Å²) in [7, 11) is 0. The molecule has 4 amide bonds. The number of benzene rings is 1.